The average Bonchev–Trinajstić information content (AvgIpc) is 2.60. The number of nitrogens with two attached hydrogens (primary N) is 1. The fraction of sp³-hybridized carbons (Fsp3) is 0.750. The summed E-state index contributed by atoms with van der Waals surface area (Å²) in [4.78, 5) is 0. The highest BCUT2D eigenvalue weighted by atomic mass is 127. The third-order valence-corrected chi connectivity index (χ3v) is 4.59. The molecule has 1 aliphatic rings. The van der Waals surface area contributed by atoms with Crippen LogP contribution in [-0.4, -0.2) is 9.78 Å². The number of nitrogens with zero attached hydrogens (tertiary/aromatic N) is 2. The number of hydrogen-bond donors (Lipinski definition) is 1. The molecule has 2 rings (SSSR count). The Labute approximate surface area is 111 Å². The molecular weight excluding hydrogens is 313 g/mol. The molecule has 2 atom stereocenters. The van der Waals surface area contributed by atoms with E-state index in [0.717, 1.165) is 21.2 Å². The maximum Gasteiger partial charge on any atom is 0.135 e. The minimum Gasteiger partial charge on any atom is -0.383 e. The zero-order valence-corrected chi connectivity index (χ0v) is 12.1. The van der Waals surface area contributed by atoms with Crippen LogP contribution in [0.5, 0.6) is 0 Å². The van der Waals surface area contributed by atoms with E-state index in [1.165, 1.54) is 25.7 Å². The molecule has 16 heavy (non-hydrogen) atoms. The Morgan fingerprint density at radius 1 is 1.50 bits per heavy atom. The predicted molar refractivity (Wildman–Crippen MR) is 75.2 cm³/mol. The van der Waals surface area contributed by atoms with Crippen LogP contribution in [0, 0.1) is 15.4 Å². The first-order valence-corrected chi connectivity index (χ1v) is 7.16. The van der Waals surface area contributed by atoms with Gasteiger partial charge < -0.3 is 5.73 Å². The summed E-state index contributed by atoms with van der Waals surface area (Å²) >= 11 is 2.25. The van der Waals surface area contributed by atoms with Gasteiger partial charge in [0.15, 0.2) is 0 Å². The van der Waals surface area contributed by atoms with Crippen molar-refractivity contribution in [2.75, 3.05) is 5.73 Å². The number of hydrogen-bond acceptors (Lipinski definition) is 2. The van der Waals surface area contributed by atoms with Crippen LogP contribution in [-0.2, 0) is 0 Å². The lowest BCUT2D eigenvalue weighted by atomic mass is 9.79. The highest BCUT2D eigenvalue weighted by Gasteiger charge is 2.26. The lowest BCUT2D eigenvalue weighted by Crippen LogP contribution is -2.24. The standard InChI is InChI=1S/C12H20IN3/c1-8(2)9-4-3-5-10(6-9)16-12(14)11(13)7-15-16/h7-10H,3-6,14H2,1-2H3. The molecule has 1 aromatic heterocycles. The maximum absolute atomic E-state index is 6.05. The molecule has 1 heterocycles. The minimum absolute atomic E-state index is 0.518. The first-order chi connectivity index (χ1) is 7.59. The Morgan fingerprint density at radius 3 is 2.81 bits per heavy atom. The van der Waals surface area contributed by atoms with Crippen LogP contribution in [0.1, 0.15) is 45.6 Å². The van der Waals surface area contributed by atoms with Gasteiger partial charge >= 0.3 is 0 Å². The second-order valence-corrected chi connectivity index (χ2v) is 6.31. The van der Waals surface area contributed by atoms with E-state index in [0.29, 0.717) is 6.04 Å². The number of aromatic nitrogens is 2. The van der Waals surface area contributed by atoms with Gasteiger partial charge in [0.1, 0.15) is 5.82 Å². The summed E-state index contributed by atoms with van der Waals surface area (Å²) in [6, 6.07) is 0.518. The van der Waals surface area contributed by atoms with Gasteiger partial charge in [0.05, 0.1) is 15.8 Å². The van der Waals surface area contributed by atoms with E-state index < -0.39 is 0 Å². The van der Waals surface area contributed by atoms with Crippen LogP contribution in [0.25, 0.3) is 0 Å². The quantitative estimate of drug-likeness (QED) is 0.843. The van der Waals surface area contributed by atoms with Gasteiger partial charge in [0.25, 0.3) is 0 Å². The molecule has 0 aromatic carbocycles. The van der Waals surface area contributed by atoms with Crippen molar-refractivity contribution in [2.24, 2.45) is 11.8 Å². The molecule has 0 saturated heterocycles. The highest BCUT2D eigenvalue weighted by Crippen LogP contribution is 2.37. The van der Waals surface area contributed by atoms with E-state index in [9.17, 15) is 0 Å². The zero-order chi connectivity index (χ0) is 11.7. The van der Waals surface area contributed by atoms with Gasteiger partial charge in [-0.15, -0.1) is 0 Å². The van der Waals surface area contributed by atoms with Gasteiger partial charge in [-0.1, -0.05) is 26.7 Å². The summed E-state index contributed by atoms with van der Waals surface area (Å²) in [5.41, 5.74) is 6.05. The normalized spacial score (nSPS) is 26.2. The monoisotopic (exact) mass is 333 g/mol. The average molecular weight is 333 g/mol. The smallest absolute Gasteiger partial charge is 0.135 e. The molecule has 2 unspecified atom stereocenters. The van der Waals surface area contributed by atoms with Crippen molar-refractivity contribution in [1.82, 2.24) is 9.78 Å². The van der Waals surface area contributed by atoms with Gasteiger partial charge in [-0.2, -0.15) is 5.10 Å². The van der Waals surface area contributed by atoms with E-state index >= 15 is 0 Å². The lowest BCUT2D eigenvalue weighted by molar-refractivity contribution is 0.208. The van der Waals surface area contributed by atoms with Crippen LogP contribution >= 0.6 is 22.6 Å². The summed E-state index contributed by atoms with van der Waals surface area (Å²) in [6.07, 6.45) is 7.01. The van der Waals surface area contributed by atoms with Crippen LogP contribution in [0.3, 0.4) is 0 Å². The summed E-state index contributed by atoms with van der Waals surface area (Å²) < 4.78 is 3.11. The SMILES string of the molecule is CC(C)C1CCCC(n2ncc(I)c2N)C1. The predicted octanol–water partition coefficient (Wildman–Crippen LogP) is 3.46. The van der Waals surface area contributed by atoms with Crippen molar-refractivity contribution in [3.63, 3.8) is 0 Å². The molecule has 4 heteroatoms. The van der Waals surface area contributed by atoms with E-state index in [-0.39, 0.29) is 0 Å². The zero-order valence-electron chi connectivity index (χ0n) is 9.99. The fourth-order valence-electron chi connectivity index (χ4n) is 2.67. The van der Waals surface area contributed by atoms with Gasteiger partial charge in [-0.05, 0) is 47.3 Å². The molecule has 0 amide bonds. The Bertz CT molecular complexity index is 359. The van der Waals surface area contributed by atoms with Crippen molar-refractivity contribution in [3.05, 3.63) is 9.77 Å². The molecule has 2 N–H and O–H groups in total. The minimum atomic E-state index is 0.518. The molecule has 90 valence electrons. The second-order valence-electron chi connectivity index (χ2n) is 5.15. The Kier molecular flexibility index (Phi) is 3.77. The highest BCUT2D eigenvalue weighted by molar-refractivity contribution is 14.1. The third kappa shape index (κ3) is 2.36. The largest absolute Gasteiger partial charge is 0.383 e. The molecule has 1 aliphatic carbocycles. The van der Waals surface area contributed by atoms with Crippen molar-refractivity contribution < 1.29 is 0 Å². The number of anilines is 1. The van der Waals surface area contributed by atoms with Crippen molar-refractivity contribution in [1.29, 1.82) is 0 Å². The molecule has 0 radical (unpaired) electrons. The second kappa shape index (κ2) is 4.94. The summed E-state index contributed by atoms with van der Waals surface area (Å²) in [5.74, 6) is 2.45. The van der Waals surface area contributed by atoms with Crippen LogP contribution < -0.4 is 5.73 Å². The number of rotatable bonds is 2. The Hall–Kier alpha value is -0.260. The van der Waals surface area contributed by atoms with Gasteiger partial charge in [-0.25, -0.2) is 4.68 Å². The Morgan fingerprint density at radius 2 is 2.25 bits per heavy atom. The molecule has 1 saturated carbocycles. The third-order valence-electron chi connectivity index (χ3n) is 3.76. The first kappa shape index (κ1) is 12.2. The van der Waals surface area contributed by atoms with Crippen molar-refractivity contribution >= 4 is 28.4 Å². The van der Waals surface area contributed by atoms with Crippen LogP contribution in [0.4, 0.5) is 5.82 Å². The topological polar surface area (TPSA) is 43.8 Å². The van der Waals surface area contributed by atoms with Gasteiger partial charge in [0.2, 0.25) is 0 Å². The van der Waals surface area contributed by atoms with Gasteiger partial charge in [0, 0.05) is 0 Å². The van der Waals surface area contributed by atoms with E-state index in [2.05, 4.69) is 41.5 Å². The number of halogens is 1. The molecule has 3 nitrogen and oxygen atoms in total. The van der Waals surface area contributed by atoms with Crippen LogP contribution in [0.2, 0.25) is 0 Å². The van der Waals surface area contributed by atoms with Crippen molar-refractivity contribution in [2.45, 2.75) is 45.6 Å². The molecule has 0 bridgehead atoms. The maximum atomic E-state index is 6.05. The van der Waals surface area contributed by atoms with Crippen molar-refractivity contribution in [3.8, 4) is 0 Å². The lowest BCUT2D eigenvalue weighted by Gasteiger charge is -2.32. The fourth-order valence-corrected chi connectivity index (χ4v) is 3.04. The first-order valence-electron chi connectivity index (χ1n) is 6.08. The Balaban J connectivity index is 2.13. The van der Waals surface area contributed by atoms with E-state index in [4.69, 9.17) is 5.73 Å². The summed E-state index contributed by atoms with van der Waals surface area (Å²) in [7, 11) is 0. The van der Waals surface area contributed by atoms with E-state index in [1.807, 2.05) is 10.9 Å². The summed E-state index contributed by atoms with van der Waals surface area (Å²) in [5, 5.41) is 4.42. The van der Waals surface area contributed by atoms with Crippen LogP contribution in [0.15, 0.2) is 6.20 Å². The molecule has 0 aliphatic heterocycles. The van der Waals surface area contributed by atoms with E-state index in [1.54, 1.807) is 0 Å². The molecule has 0 spiro atoms. The molecular formula is C12H20IN3. The molecule has 1 aromatic rings. The van der Waals surface area contributed by atoms with Gasteiger partial charge in [-0.3, -0.25) is 0 Å². The number of nitrogen functional groups attached to an aromatic ring is 1. The summed E-state index contributed by atoms with van der Waals surface area (Å²) in [6.45, 7) is 4.65. The molecule has 1 fully saturated rings.